The molecule has 29 heavy (non-hydrogen) atoms. The van der Waals surface area contributed by atoms with Crippen LogP contribution in [0.15, 0.2) is 60.9 Å². The van der Waals surface area contributed by atoms with Crippen LogP contribution in [0, 0.1) is 0 Å². The van der Waals surface area contributed by atoms with Crippen molar-refractivity contribution in [1.82, 2.24) is 4.98 Å². The number of fused-ring (bicyclic) bond motifs is 1. The Labute approximate surface area is 168 Å². The summed E-state index contributed by atoms with van der Waals surface area (Å²) in [6.45, 7) is 4.16. The van der Waals surface area contributed by atoms with Gasteiger partial charge in [0.1, 0.15) is 5.75 Å². The van der Waals surface area contributed by atoms with Crippen LogP contribution in [0.5, 0.6) is 17.2 Å². The Bertz CT molecular complexity index is 1020. The molecule has 2 aromatic carbocycles. The van der Waals surface area contributed by atoms with Gasteiger partial charge in [0.05, 0.1) is 23.6 Å². The SMILES string of the molecule is CC(C)Oc1ccc(Nc2cncc(C(=O)Nc3ccc4c(c3)OCO4)c2)cc1. The van der Waals surface area contributed by atoms with Crippen LogP contribution in [0.4, 0.5) is 17.1 Å². The first-order valence-electron chi connectivity index (χ1n) is 9.26. The molecule has 0 fully saturated rings. The number of hydrogen-bond acceptors (Lipinski definition) is 6. The van der Waals surface area contributed by atoms with Gasteiger partial charge in [0.2, 0.25) is 6.79 Å². The van der Waals surface area contributed by atoms with Gasteiger partial charge >= 0.3 is 0 Å². The molecular weight excluding hydrogens is 370 g/mol. The van der Waals surface area contributed by atoms with E-state index in [2.05, 4.69) is 15.6 Å². The monoisotopic (exact) mass is 391 g/mol. The summed E-state index contributed by atoms with van der Waals surface area (Å²) < 4.78 is 16.3. The van der Waals surface area contributed by atoms with Crippen molar-refractivity contribution < 1.29 is 19.0 Å². The number of pyridine rings is 1. The molecule has 0 saturated carbocycles. The zero-order valence-corrected chi connectivity index (χ0v) is 16.1. The molecule has 2 heterocycles. The average Bonchev–Trinajstić information content (AvgIpc) is 3.17. The third kappa shape index (κ3) is 4.57. The number of carbonyl (C=O) groups is 1. The largest absolute Gasteiger partial charge is 0.491 e. The molecule has 1 aromatic heterocycles. The van der Waals surface area contributed by atoms with Crippen LogP contribution in [0.3, 0.4) is 0 Å². The molecule has 1 aliphatic heterocycles. The summed E-state index contributed by atoms with van der Waals surface area (Å²) in [6.07, 6.45) is 3.31. The van der Waals surface area contributed by atoms with Crippen molar-refractivity contribution in [1.29, 1.82) is 0 Å². The lowest BCUT2D eigenvalue weighted by Gasteiger charge is -2.11. The van der Waals surface area contributed by atoms with Crippen molar-refractivity contribution in [3.8, 4) is 17.2 Å². The fraction of sp³-hybridized carbons (Fsp3) is 0.182. The van der Waals surface area contributed by atoms with E-state index >= 15 is 0 Å². The Hall–Kier alpha value is -3.74. The van der Waals surface area contributed by atoms with Crippen LogP contribution in [0.25, 0.3) is 0 Å². The standard InChI is InChI=1S/C22H21N3O4/c1-14(2)29-19-6-3-16(4-7-19)24-18-9-15(11-23-12-18)22(26)25-17-5-8-20-21(10-17)28-13-27-20/h3-12,14,24H,13H2,1-2H3,(H,25,26). The highest BCUT2D eigenvalue weighted by Crippen LogP contribution is 2.34. The van der Waals surface area contributed by atoms with E-state index in [9.17, 15) is 4.79 Å². The maximum atomic E-state index is 12.6. The molecule has 7 heteroatoms. The predicted molar refractivity (Wildman–Crippen MR) is 110 cm³/mol. The number of amides is 1. The van der Waals surface area contributed by atoms with Crippen LogP contribution in [-0.2, 0) is 0 Å². The number of carbonyl (C=O) groups excluding carboxylic acids is 1. The summed E-state index contributed by atoms with van der Waals surface area (Å²) in [4.78, 5) is 16.8. The molecule has 148 valence electrons. The molecule has 0 spiro atoms. The molecule has 1 amide bonds. The van der Waals surface area contributed by atoms with E-state index in [4.69, 9.17) is 14.2 Å². The maximum absolute atomic E-state index is 12.6. The lowest BCUT2D eigenvalue weighted by Crippen LogP contribution is -2.12. The number of aromatic nitrogens is 1. The predicted octanol–water partition coefficient (Wildman–Crippen LogP) is 4.59. The van der Waals surface area contributed by atoms with Crippen molar-refractivity contribution in [3.63, 3.8) is 0 Å². The van der Waals surface area contributed by atoms with Gasteiger partial charge in [0.25, 0.3) is 5.91 Å². The number of nitrogens with one attached hydrogen (secondary N) is 2. The summed E-state index contributed by atoms with van der Waals surface area (Å²) in [7, 11) is 0. The highest BCUT2D eigenvalue weighted by atomic mass is 16.7. The molecule has 0 radical (unpaired) electrons. The molecule has 0 saturated heterocycles. The van der Waals surface area contributed by atoms with Crippen molar-refractivity contribution in [2.75, 3.05) is 17.4 Å². The maximum Gasteiger partial charge on any atom is 0.257 e. The molecule has 0 bridgehead atoms. The second-order valence-corrected chi connectivity index (χ2v) is 6.80. The fourth-order valence-corrected chi connectivity index (χ4v) is 2.87. The smallest absolute Gasteiger partial charge is 0.257 e. The first kappa shape index (κ1) is 18.6. The van der Waals surface area contributed by atoms with E-state index in [1.807, 2.05) is 38.1 Å². The highest BCUT2D eigenvalue weighted by molar-refractivity contribution is 6.04. The van der Waals surface area contributed by atoms with Crippen LogP contribution < -0.4 is 24.8 Å². The molecule has 0 unspecified atom stereocenters. The Balaban J connectivity index is 1.43. The summed E-state index contributed by atoms with van der Waals surface area (Å²) in [5.41, 5.74) is 2.64. The van der Waals surface area contributed by atoms with Gasteiger partial charge in [-0.15, -0.1) is 0 Å². The molecule has 2 N–H and O–H groups in total. The van der Waals surface area contributed by atoms with Gasteiger partial charge in [-0.1, -0.05) is 0 Å². The number of benzene rings is 2. The third-order valence-corrected chi connectivity index (χ3v) is 4.15. The molecule has 7 nitrogen and oxygen atoms in total. The van der Waals surface area contributed by atoms with Crippen molar-refractivity contribution in [3.05, 3.63) is 66.5 Å². The Morgan fingerprint density at radius 1 is 0.966 bits per heavy atom. The minimum atomic E-state index is -0.263. The molecule has 0 aliphatic carbocycles. The summed E-state index contributed by atoms with van der Waals surface area (Å²) >= 11 is 0. The highest BCUT2D eigenvalue weighted by Gasteiger charge is 2.15. The lowest BCUT2D eigenvalue weighted by atomic mass is 10.2. The van der Waals surface area contributed by atoms with E-state index in [1.54, 1.807) is 30.5 Å². The van der Waals surface area contributed by atoms with Crippen molar-refractivity contribution in [2.24, 2.45) is 0 Å². The van der Waals surface area contributed by atoms with E-state index in [-0.39, 0.29) is 18.8 Å². The number of rotatable bonds is 6. The fourth-order valence-electron chi connectivity index (χ4n) is 2.87. The van der Waals surface area contributed by atoms with E-state index in [0.29, 0.717) is 28.4 Å². The zero-order chi connectivity index (χ0) is 20.2. The van der Waals surface area contributed by atoms with E-state index < -0.39 is 0 Å². The minimum absolute atomic E-state index is 0.123. The lowest BCUT2D eigenvalue weighted by molar-refractivity contribution is 0.102. The topological polar surface area (TPSA) is 81.7 Å². The second-order valence-electron chi connectivity index (χ2n) is 6.80. The summed E-state index contributed by atoms with van der Waals surface area (Å²) in [5.74, 6) is 1.82. The number of hydrogen-bond donors (Lipinski definition) is 2. The van der Waals surface area contributed by atoms with Gasteiger partial charge in [-0.25, -0.2) is 0 Å². The molecular formula is C22H21N3O4. The first-order valence-corrected chi connectivity index (χ1v) is 9.26. The van der Waals surface area contributed by atoms with Gasteiger partial charge in [-0.3, -0.25) is 9.78 Å². The van der Waals surface area contributed by atoms with Gasteiger partial charge in [-0.2, -0.15) is 0 Å². The molecule has 4 rings (SSSR count). The van der Waals surface area contributed by atoms with Crippen LogP contribution in [-0.4, -0.2) is 23.8 Å². The van der Waals surface area contributed by atoms with E-state index in [0.717, 1.165) is 11.4 Å². The Morgan fingerprint density at radius 2 is 1.72 bits per heavy atom. The zero-order valence-electron chi connectivity index (χ0n) is 16.1. The van der Waals surface area contributed by atoms with Crippen LogP contribution >= 0.6 is 0 Å². The molecule has 3 aromatic rings. The first-order chi connectivity index (χ1) is 14.1. The van der Waals surface area contributed by atoms with Crippen molar-refractivity contribution in [2.45, 2.75) is 20.0 Å². The third-order valence-electron chi connectivity index (χ3n) is 4.15. The van der Waals surface area contributed by atoms with Crippen LogP contribution in [0.2, 0.25) is 0 Å². The Morgan fingerprint density at radius 3 is 2.52 bits per heavy atom. The summed E-state index contributed by atoms with van der Waals surface area (Å²) in [5, 5.41) is 6.09. The van der Waals surface area contributed by atoms with Gasteiger partial charge < -0.3 is 24.8 Å². The number of ether oxygens (including phenoxy) is 3. The number of anilines is 3. The van der Waals surface area contributed by atoms with Crippen LogP contribution in [0.1, 0.15) is 24.2 Å². The molecule has 0 atom stereocenters. The quantitative estimate of drug-likeness (QED) is 0.639. The number of nitrogens with zero attached hydrogens (tertiary/aromatic N) is 1. The Kier molecular flexibility index (Phi) is 5.20. The van der Waals surface area contributed by atoms with Gasteiger partial charge in [-0.05, 0) is 56.3 Å². The summed E-state index contributed by atoms with van der Waals surface area (Å²) in [6, 6.07) is 14.6. The van der Waals surface area contributed by atoms with Gasteiger partial charge in [0.15, 0.2) is 11.5 Å². The average molecular weight is 391 g/mol. The normalized spacial score (nSPS) is 12.0. The second kappa shape index (κ2) is 8.10. The van der Waals surface area contributed by atoms with Crippen molar-refractivity contribution >= 4 is 23.0 Å². The molecule has 1 aliphatic rings. The van der Waals surface area contributed by atoms with E-state index in [1.165, 1.54) is 6.20 Å². The van der Waals surface area contributed by atoms with Gasteiger partial charge in [0, 0.05) is 23.6 Å². The minimum Gasteiger partial charge on any atom is -0.491 e.